The second-order valence-electron chi connectivity index (χ2n) is 4.29. The van der Waals surface area contributed by atoms with Crippen LogP contribution in [-0.2, 0) is 9.53 Å². The van der Waals surface area contributed by atoms with E-state index < -0.39 is 0 Å². The Morgan fingerprint density at radius 3 is 3.07 bits per heavy atom. The van der Waals surface area contributed by atoms with Gasteiger partial charge in [0.05, 0.1) is 20.4 Å². The van der Waals surface area contributed by atoms with E-state index in [1.807, 2.05) is 0 Å². The molecular formula is C10H15BO3. The van der Waals surface area contributed by atoms with Crippen molar-refractivity contribution in [3.8, 4) is 0 Å². The summed E-state index contributed by atoms with van der Waals surface area (Å²) in [5.41, 5.74) is 0. The van der Waals surface area contributed by atoms with Crippen LogP contribution in [0, 0.1) is 11.8 Å². The number of hydrogen-bond acceptors (Lipinski definition) is 3. The molecule has 1 saturated carbocycles. The molecule has 4 atom stereocenters. The third-order valence-corrected chi connectivity index (χ3v) is 3.42. The number of rotatable bonds is 3. The molecule has 1 aliphatic carbocycles. The zero-order chi connectivity index (χ0) is 10.1. The Bertz CT molecular complexity index is 231. The maximum absolute atomic E-state index is 11.1. The van der Waals surface area contributed by atoms with Crippen LogP contribution in [0.15, 0.2) is 0 Å². The summed E-state index contributed by atoms with van der Waals surface area (Å²) in [5, 5.41) is 9.78. The third-order valence-electron chi connectivity index (χ3n) is 3.42. The van der Waals surface area contributed by atoms with Crippen molar-refractivity contribution in [3.05, 3.63) is 0 Å². The van der Waals surface area contributed by atoms with Gasteiger partial charge in [-0.15, -0.1) is 0 Å². The highest BCUT2D eigenvalue weighted by Gasteiger charge is 2.48. The molecule has 76 valence electrons. The minimum absolute atomic E-state index is 0.0275. The van der Waals surface area contributed by atoms with E-state index in [0.29, 0.717) is 19.2 Å². The molecule has 3 nitrogen and oxygen atoms in total. The number of hydrogen-bond donors (Lipinski definition) is 1. The summed E-state index contributed by atoms with van der Waals surface area (Å²) >= 11 is 0. The van der Waals surface area contributed by atoms with E-state index in [-0.39, 0.29) is 30.0 Å². The van der Waals surface area contributed by atoms with Crippen LogP contribution >= 0.6 is 0 Å². The van der Waals surface area contributed by atoms with Crippen LogP contribution in [0.4, 0.5) is 0 Å². The molecule has 2 rings (SSSR count). The zero-order valence-corrected chi connectivity index (χ0v) is 8.19. The average Bonchev–Trinajstić information content (AvgIpc) is 2.58. The summed E-state index contributed by atoms with van der Waals surface area (Å²) in [4.78, 5) is 11.1. The van der Waals surface area contributed by atoms with Crippen LogP contribution in [0.1, 0.15) is 25.7 Å². The third kappa shape index (κ3) is 1.67. The summed E-state index contributed by atoms with van der Waals surface area (Å²) in [6.45, 7) is 0. The lowest BCUT2D eigenvalue weighted by atomic mass is 9.86. The molecule has 1 aliphatic heterocycles. The Balaban J connectivity index is 1.97. The first kappa shape index (κ1) is 10.0. The topological polar surface area (TPSA) is 46.5 Å². The number of carbonyl (C=O) groups excluding carboxylic acids is 1. The predicted molar refractivity (Wildman–Crippen MR) is 51.9 cm³/mol. The van der Waals surface area contributed by atoms with Crippen molar-refractivity contribution >= 4 is 13.8 Å². The molecule has 0 aromatic rings. The lowest BCUT2D eigenvalue weighted by Gasteiger charge is -2.18. The Kier molecular flexibility index (Phi) is 2.82. The van der Waals surface area contributed by atoms with Crippen LogP contribution < -0.4 is 0 Å². The summed E-state index contributed by atoms with van der Waals surface area (Å²) in [5.74, 6) is 0.351. The van der Waals surface area contributed by atoms with Gasteiger partial charge in [0.15, 0.2) is 0 Å². The van der Waals surface area contributed by atoms with Gasteiger partial charge in [-0.1, -0.05) is 12.7 Å². The molecule has 0 bridgehead atoms. The molecular weight excluding hydrogens is 179 g/mol. The number of aliphatic hydroxyl groups is 1. The highest BCUT2D eigenvalue weighted by atomic mass is 16.6. The Labute approximate surface area is 85.2 Å². The second-order valence-corrected chi connectivity index (χ2v) is 4.29. The van der Waals surface area contributed by atoms with Gasteiger partial charge >= 0.3 is 5.97 Å². The molecule has 0 aromatic carbocycles. The molecule has 2 radical (unpaired) electrons. The van der Waals surface area contributed by atoms with Crippen molar-refractivity contribution in [1.82, 2.24) is 0 Å². The molecule has 14 heavy (non-hydrogen) atoms. The van der Waals surface area contributed by atoms with Crippen LogP contribution in [-0.4, -0.2) is 31.1 Å². The monoisotopic (exact) mass is 194 g/mol. The molecule has 0 spiro atoms. The first-order chi connectivity index (χ1) is 6.72. The smallest absolute Gasteiger partial charge is 0.306 e. The zero-order valence-electron chi connectivity index (χ0n) is 8.19. The minimum Gasteiger partial charge on any atom is -0.462 e. The van der Waals surface area contributed by atoms with Gasteiger partial charge in [-0.3, -0.25) is 4.79 Å². The van der Waals surface area contributed by atoms with Crippen LogP contribution in [0.3, 0.4) is 0 Å². The summed E-state index contributed by atoms with van der Waals surface area (Å²) in [6, 6.07) is 0. The average molecular weight is 194 g/mol. The van der Waals surface area contributed by atoms with E-state index in [0.717, 1.165) is 12.8 Å². The first-order valence-corrected chi connectivity index (χ1v) is 5.30. The van der Waals surface area contributed by atoms with Crippen molar-refractivity contribution < 1.29 is 14.6 Å². The second kappa shape index (κ2) is 3.93. The van der Waals surface area contributed by atoms with Crippen LogP contribution in [0.5, 0.6) is 0 Å². The fourth-order valence-corrected chi connectivity index (χ4v) is 2.74. The van der Waals surface area contributed by atoms with Crippen molar-refractivity contribution in [2.45, 2.75) is 44.2 Å². The van der Waals surface area contributed by atoms with E-state index in [2.05, 4.69) is 0 Å². The van der Waals surface area contributed by atoms with Crippen molar-refractivity contribution in [2.75, 3.05) is 0 Å². The molecule has 1 saturated heterocycles. The van der Waals surface area contributed by atoms with Crippen molar-refractivity contribution in [3.63, 3.8) is 0 Å². The fourth-order valence-electron chi connectivity index (χ4n) is 2.74. The molecule has 0 unspecified atom stereocenters. The molecule has 0 amide bonds. The number of ether oxygens (including phenoxy) is 1. The maximum atomic E-state index is 11.1. The number of esters is 1. The van der Waals surface area contributed by atoms with Crippen molar-refractivity contribution in [1.29, 1.82) is 0 Å². The van der Waals surface area contributed by atoms with Gasteiger partial charge in [-0.05, 0) is 12.3 Å². The van der Waals surface area contributed by atoms with Crippen molar-refractivity contribution in [2.24, 2.45) is 11.8 Å². The van der Waals surface area contributed by atoms with Gasteiger partial charge in [-0.2, -0.15) is 0 Å². The first-order valence-electron chi connectivity index (χ1n) is 5.30. The van der Waals surface area contributed by atoms with Gasteiger partial charge in [0, 0.05) is 12.3 Å². The van der Waals surface area contributed by atoms with Gasteiger partial charge in [0.1, 0.15) is 6.10 Å². The Morgan fingerprint density at radius 1 is 1.57 bits per heavy atom. The summed E-state index contributed by atoms with van der Waals surface area (Å²) < 4.78 is 5.14. The van der Waals surface area contributed by atoms with Crippen LogP contribution in [0.2, 0.25) is 6.32 Å². The predicted octanol–water partition coefficient (Wildman–Crippen LogP) is 0.666. The maximum Gasteiger partial charge on any atom is 0.306 e. The fraction of sp³-hybridized carbons (Fsp3) is 0.900. The SMILES string of the molecule is [B]CCC[C@@H]1[C@H]2CC(=O)O[C@H]2C[C@H]1O. The van der Waals surface area contributed by atoms with E-state index in [4.69, 9.17) is 12.6 Å². The van der Waals surface area contributed by atoms with Gasteiger partial charge < -0.3 is 9.84 Å². The molecule has 1 N–H and O–H groups in total. The quantitative estimate of drug-likeness (QED) is 0.530. The Hall–Kier alpha value is -0.505. The standard InChI is InChI=1S/C10H15BO3/c11-3-1-2-6-7-4-10(13)14-9(7)5-8(6)12/h6-9,12H,1-5H2/t6-,7-,8-,9+/m1/s1. The number of carbonyl (C=O) groups is 1. The van der Waals surface area contributed by atoms with E-state index in [1.54, 1.807) is 0 Å². The minimum atomic E-state index is -0.301. The molecule has 2 fully saturated rings. The molecule has 0 aromatic heterocycles. The van der Waals surface area contributed by atoms with Gasteiger partial charge in [-0.25, -0.2) is 0 Å². The largest absolute Gasteiger partial charge is 0.462 e. The summed E-state index contributed by atoms with van der Waals surface area (Å²) in [7, 11) is 5.44. The number of fused-ring (bicyclic) bond motifs is 1. The summed E-state index contributed by atoms with van der Waals surface area (Å²) in [6.07, 6.45) is 3.25. The van der Waals surface area contributed by atoms with Gasteiger partial charge in [0.2, 0.25) is 0 Å². The van der Waals surface area contributed by atoms with E-state index in [1.165, 1.54) is 0 Å². The molecule has 1 heterocycles. The number of aliphatic hydroxyl groups excluding tert-OH is 1. The van der Waals surface area contributed by atoms with E-state index >= 15 is 0 Å². The lowest BCUT2D eigenvalue weighted by molar-refractivity contribution is -0.141. The normalized spacial score (nSPS) is 41.1. The van der Waals surface area contributed by atoms with Gasteiger partial charge in [0.25, 0.3) is 0 Å². The lowest BCUT2D eigenvalue weighted by Crippen LogP contribution is -2.19. The molecule has 2 aliphatic rings. The van der Waals surface area contributed by atoms with Crippen LogP contribution in [0.25, 0.3) is 0 Å². The van der Waals surface area contributed by atoms with E-state index in [9.17, 15) is 9.90 Å². The highest BCUT2D eigenvalue weighted by Crippen LogP contribution is 2.43. The Morgan fingerprint density at radius 2 is 2.36 bits per heavy atom. The highest BCUT2D eigenvalue weighted by molar-refractivity contribution is 6.08. The molecule has 4 heteroatoms.